The molecule has 0 bridgehead atoms. The first-order chi connectivity index (χ1) is 7.03. The van der Waals surface area contributed by atoms with Crippen LogP contribution in [0.15, 0.2) is 0 Å². The SMILES string of the molecule is CCOC(C)(CC)C(=O)CC(CC)CC. The number of carbonyl (C=O) groups is 1. The van der Waals surface area contributed by atoms with Gasteiger partial charge in [-0.15, -0.1) is 0 Å². The second-order valence-electron chi connectivity index (χ2n) is 4.33. The van der Waals surface area contributed by atoms with Crippen LogP contribution in [0.4, 0.5) is 0 Å². The molecule has 0 saturated carbocycles. The average Bonchev–Trinajstić information content (AvgIpc) is 2.25. The van der Waals surface area contributed by atoms with E-state index in [2.05, 4.69) is 13.8 Å². The van der Waals surface area contributed by atoms with Crippen molar-refractivity contribution in [3.8, 4) is 0 Å². The summed E-state index contributed by atoms with van der Waals surface area (Å²) in [5.41, 5.74) is -0.558. The maximum atomic E-state index is 12.1. The van der Waals surface area contributed by atoms with E-state index in [1.807, 2.05) is 20.8 Å². The standard InChI is InChI=1S/C13H26O2/c1-6-11(7-2)10-12(14)13(5,8-3)15-9-4/h11H,6-10H2,1-5H3. The van der Waals surface area contributed by atoms with Crippen LogP contribution >= 0.6 is 0 Å². The fourth-order valence-corrected chi connectivity index (χ4v) is 1.75. The van der Waals surface area contributed by atoms with Crippen LogP contribution < -0.4 is 0 Å². The summed E-state index contributed by atoms with van der Waals surface area (Å²) in [6, 6.07) is 0. The maximum Gasteiger partial charge on any atom is 0.164 e. The lowest BCUT2D eigenvalue weighted by molar-refractivity contribution is -0.143. The Morgan fingerprint density at radius 1 is 1.20 bits per heavy atom. The van der Waals surface area contributed by atoms with Crippen LogP contribution in [0, 0.1) is 5.92 Å². The summed E-state index contributed by atoms with van der Waals surface area (Å²) in [5.74, 6) is 0.782. The van der Waals surface area contributed by atoms with Crippen molar-refractivity contribution in [2.45, 2.75) is 65.9 Å². The number of ether oxygens (including phenoxy) is 1. The van der Waals surface area contributed by atoms with Crippen molar-refractivity contribution >= 4 is 5.78 Å². The molecule has 0 spiro atoms. The second kappa shape index (κ2) is 7.00. The quantitative estimate of drug-likeness (QED) is 0.617. The zero-order valence-corrected chi connectivity index (χ0v) is 10.9. The van der Waals surface area contributed by atoms with E-state index < -0.39 is 5.60 Å². The summed E-state index contributed by atoms with van der Waals surface area (Å²) in [7, 11) is 0. The maximum absolute atomic E-state index is 12.1. The Morgan fingerprint density at radius 3 is 2.07 bits per heavy atom. The highest BCUT2D eigenvalue weighted by Gasteiger charge is 2.32. The number of Topliss-reactive ketones (excluding diaryl/α,β-unsaturated/α-hetero) is 1. The molecule has 0 aliphatic heterocycles. The Morgan fingerprint density at radius 2 is 1.73 bits per heavy atom. The van der Waals surface area contributed by atoms with Crippen LogP contribution in [0.25, 0.3) is 0 Å². The topological polar surface area (TPSA) is 26.3 Å². The van der Waals surface area contributed by atoms with E-state index in [1.54, 1.807) is 0 Å². The van der Waals surface area contributed by atoms with Gasteiger partial charge in [-0.2, -0.15) is 0 Å². The second-order valence-corrected chi connectivity index (χ2v) is 4.33. The number of ketones is 1. The summed E-state index contributed by atoms with van der Waals surface area (Å²) in [4.78, 5) is 12.1. The molecule has 0 aromatic carbocycles. The highest BCUT2D eigenvalue weighted by Crippen LogP contribution is 2.23. The molecule has 0 rings (SSSR count). The van der Waals surface area contributed by atoms with Gasteiger partial charge in [0.05, 0.1) is 0 Å². The van der Waals surface area contributed by atoms with E-state index >= 15 is 0 Å². The average molecular weight is 214 g/mol. The smallest absolute Gasteiger partial charge is 0.164 e. The van der Waals surface area contributed by atoms with Gasteiger partial charge in [0.1, 0.15) is 5.60 Å². The summed E-state index contributed by atoms with van der Waals surface area (Å²) in [6.07, 6.45) is 3.58. The van der Waals surface area contributed by atoms with Gasteiger partial charge in [-0.3, -0.25) is 4.79 Å². The molecule has 0 aromatic rings. The summed E-state index contributed by atoms with van der Waals surface area (Å²) < 4.78 is 5.58. The summed E-state index contributed by atoms with van der Waals surface area (Å²) in [6.45, 7) is 10.8. The van der Waals surface area contributed by atoms with Gasteiger partial charge in [0.25, 0.3) is 0 Å². The fraction of sp³-hybridized carbons (Fsp3) is 0.923. The van der Waals surface area contributed by atoms with Gasteiger partial charge in [0.2, 0.25) is 0 Å². The minimum Gasteiger partial charge on any atom is -0.368 e. The predicted molar refractivity (Wildman–Crippen MR) is 64.0 cm³/mol. The van der Waals surface area contributed by atoms with Crippen molar-refractivity contribution in [2.24, 2.45) is 5.92 Å². The number of hydrogen-bond acceptors (Lipinski definition) is 2. The lowest BCUT2D eigenvalue weighted by Crippen LogP contribution is -2.38. The number of carbonyl (C=O) groups excluding carboxylic acids is 1. The van der Waals surface area contributed by atoms with Gasteiger partial charge in [-0.05, 0) is 26.2 Å². The first-order valence-corrected chi connectivity index (χ1v) is 6.21. The van der Waals surface area contributed by atoms with E-state index in [0.717, 1.165) is 19.3 Å². The van der Waals surface area contributed by atoms with Gasteiger partial charge < -0.3 is 4.74 Å². The van der Waals surface area contributed by atoms with E-state index in [4.69, 9.17) is 4.74 Å². The Bertz CT molecular complexity index is 185. The minimum atomic E-state index is -0.558. The highest BCUT2D eigenvalue weighted by atomic mass is 16.5. The first-order valence-electron chi connectivity index (χ1n) is 6.21. The highest BCUT2D eigenvalue weighted by molar-refractivity contribution is 5.87. The molecule has 0 heterocycles. The third-order valence-electron chi connectivity index (χ3n) is 3.36. The van der Waals surface area contributed by atoms with E-state index in [9.17, 15) is 4.79 Å². The summed E-state index contributed by atoms with van der Waals surface area (Å²) >= 11 is 0. The van der Waals surface area contributed by atoms with Gasteiger partial charge in [-0.1, -0.05) is 33.6 Å². The molecule has 90 valence electrons. The van der Waals surface area contributed by atoms with E-state index in [1.165, 1.54) is 0 Å². The molecule has 0 aliphatic carbocycles. The third kappa shape index (κ3) is 4.33. The molecule has 1 atom stereocenters. The van der Waals surface area contributed by atoms with E-state index in [0.29, 0.717) is 18.9 Å². The molecule has 0 fully saturated rings. The molecule has 2 heteroatoms. The fourth-order valence-electron chi connectivity index (χ4n) is 1.75. The minimum absolute atomic E-state index is 0.264. The van der Waals surface area contributed by atoms with Gasteiger partial charge in [-0.25, -0.2) is 0 Å². The van der Waals surface area contributed by atoms with Crippen LogP contribution in [0.3, 0.4) is 0 Å². The Hall–Kier alpha value is -0.370. The molecule has 15 heavy (non-hydrogen) atoms. The van der Waals surface area contributed by atoms with E-state index in [-0.39, 0.29) is 5.78 Å². The van der Waals surface area contributed by atoms with Crippen LogP contribution in [0.1, 0.15) is 60.3 Å². The molecular weight excluding hydrogens is 188 g/mol. The van der Waals surface area contributed by atoms with Crippen molar-refractivity contribution < 1.29 is 9.53 Å². The van der Waals surface area contributed by atoms with Gasteiger partial charge in [0, 0.05) is 13.0 Å². The molecule has 2 nitrogen and oxygen atoms in total. The van der Waals surface area contributed by atoms with Crippen molar-refractivity contribution in [3.63, 3.8) is 0 Å². The van der Waals surface area contributed by atoms with Gasteiger partial charge >= 0.3 is 0 Å². The lowest BCUT2D eigenvalue weighted by Gasteiger charge is -2.28. The van der Waals surface area contributed by atoms with Crippen LogP contribution in [-0.2, 0) is 9.53 Å². The van der Waals surface area contributed by atoms with Crippen molar-refractivity contribution in [2.75, 3.05) is 6.61 Å². The first kappa shape index (κ1) is 14.6. The predicted octanol–water partition coefficient (Wildman–Crippen LogP) is 3.59. The van der Waals surface area contributed by atoms with Crippen LogP contribution in [0.2, 0.25) is 0 Å². The molecular formula is C13H26O2. The summed E-state index contributed by atoms with van der Waals surface area (Å²) in [5, 5.41) is 0. The van der Waals surface area contributed by atoms with Gasteiger partial charge in [0.15, 0.2) is 5.78 Å². The Balaban J connectivity index is 4.38. The molecule has 1 unspecified atom stereocenters. The zero-order valence-electron chi connectivity index (χ0n) is 10.9. The largest absolute Gasteiger partial charge is 0.368 e. The molecule has 0 amide bonds. The van der Waals surface area contributed by atoms with Crippen LogP contribution in [0.5, 0.6) is 0 Å². The molecule has 0 aliphatic rings. The van der Waals surface area contributed by atoms with Crippen molar-refractivity contribution in [1.29, 1.82) is 0 Å². The molecule has 0 radical (unpaired) electrons. The monoisotopic (exact) mass is 214 g/mol. The Kier molecular flexibility index (Phi) is 6.82. The lowest BCUT2D eigenvalue weighted by atomic mass is 9.87. The molecule has 0 saturated heterocycles. The van der Waals surface area contributed by atoms with Crippen molar-refractivity contribution in [1.82, 2.24) is 0 Å². The molecule has 0 aromatic heterocycles. The third-order valence-corrected chi connectivity index (χ3v) is 3.36. The van der Waals surface area contributed by atoms with Crippen LogP contribution in [-0.4, -0.2) is 18.0 Å². The zero-order chi connectivity index (χ0) is 11.9. The normalized spacial score (nSPS) is 15.3. The van der Waals surface area contributed by atoms with Crippen molar-refractivity contribution in [3.05, 3.63) is 0 Å². The molecule has 0 N–H and O–H groups in total. The number of hydrogen-bond donors (Lipinski definition) is 0. The Labute approximate surface area is 94.4 Å². The number of rotatable bonds is 8.